The molecule has 4 N–H and O–H groups in total. The van der Waals surface area contributed by atoms with E-state index in [2.05, 4.69) is 29.2 Å². The first-order valence-corrected chi connectivity index (χ1v) is 15.5. The number of allylic oxidation sites excluding steroid dienone is 4. The van der Waals surface area contributed by atoms with Crippen LogP contribution < -0.4 is 0 Å². The molecule has 0 atom stereocenters. The number of carboxylic acids is 2. The predicted molar refractivity (Wildman–Crippen MR) is 191 cm³/mol. The summed E-state index contributed by atoms with van der Waals surface area (Å²) < 4.78 is 0. The van der Waals surface area contributed by atoms with Crippen molar-refractivity contribution in [2.24, 2.45) is 0 Å². The molecule has 48 heavy (non-hydrogen) atoms. The predicted octanol–water partition coefficient (Wildman–Crippen LogP) is 7.97. The summed E-state index contributed by atoms with van der Waals surface area (Å²) in [5.41, 5.74) is 13.7. The van der Waals surface area contributed by atoms with Crippen LogP contribution in [0, 0.1) is 13.8 Å². The number of aliphatic carboxylic acids is 2. The maximum Gasteiger partial charge on any atom is 0.303 e. The van der Waals surface area contributed by atoms with Gasteiger partial charge in [0.25, 0.3) is 0 Å². The van der Waals surface area contributed by atoms with E-state index in [9.17, 15) is 29.4 Å². The number of carbonyl (C=O) groups excluding carboxylic acids is 2. The summed E-state index contributed by atoms with van der Waals surface area (Å²) in [7, 11) is 0. The molecule has 8 bridgehead atoms. The molecule has 0 saturated carbocycles. The molecule has 2 aliphatic heterocycles. The Hall–Kier alpha value is -5.64. The number of aryl methyl sites for hydroxylation is 2. The van der Waals surface area contributed by atoms with Gasteiger partial charge in [-0.25, -0.2) is 9.97 Å². The van der Waals surface area contributed by atoms with Gasteiger partial charge in [0.1, 0.15) is 0 Å². The van der Waals surface area contributed by atoms with E-state index in [4.69, 9.17) is 9.97 Å². The minimum Gasteiger partial charge on any atom is -0.481 e. The van der Waals surface area contributed by atoms with E-state index in [0.29, 0.717) is 24.2 Å². The summed E-state index contributed by atoms with van der Waals surface area (Å²) in [5, 5.41) is 18.9. The third-order valence-electron chi connectivity index (χ3n) is 8.71. The summed E-state index contributed by atoms with van der Waals surface area (Å²) in [6, 6.07) is 7.88. The molecule has 3 aromatic heterocycles. The van der Waals surface area contributed by atoms with Gasteiger partial charge in [0.15, 0.2) is 11.6 Å². The molecule has 0 fully saturated rings. The zero-order valence-electron chi connectivity index (χ0n) is 28.1. The quantitative estimate of drug-likeness (QED) is 0.170. The third kappa shape index (κ3) is 7.33. The molecule has 0 unspecified atom stereocenters. The number of carbonyl (C=O) groups is 4. The maximum atomic E-state index is 11.5. The van der Waals surface area contributed by atoms with Gasteiger partial charge in [0.2, 0.25) is 0 Å². The molecule has 10 heteroatoms. The van der Waals surface area contributed by atoms with Gasteiger partial charge >= 0.3 is 11.9 Å². The Morgan fingerprint density at radius 3 is 1.38 bits per heavy atom. The molecule has 0 spiro atoms. The van der Waals surface area contributed by atoms with E-state index in [0.717, 1.165) is 78.0 Å². The Balaban J connectivity index is 0.000000794. The molecule has 0 saturated heterocycles. The summed E-state index contributed by atoms with van der Waals surface area (Å²) in [4.78, 5) is 59.6. The molecular formula is C38H40N4O6. The van der Waals surface area contributed by atoms with Crippen molar-refractivity contribution in [1.29, 1.82) is 0 Å². The van der Waals surface area contributed by atoms with E-state index < -0.39 is 11.9 Å². The van der Waals surface area contributed by atoms with Crippen LogP contribution in [0.3, 0.4) is 0 Å². The molecule has 248 valence electrons. The van der Waals surface area contributed by atoms with Crippen molar-refractivity contribution in [3.63, 3.8) is 0 Å². The summed E-state index contributed by atoms with van der Waals surface area (Å²) in [5.74, 6) is -2.54. The van der Waals surface area contributed by atoms with Gasteiger partial charge in [0.05, 0.1) is 22.8 Å². The van der Waals surface area contributed by atoms with Crippen molar-refractivity contribution in [2.75, 3.05) is 0 Å². The monoisotopic (exact) mass is 648 g/mol. The second-order valence-corrected chi connectivity index (χ2v) is 11.8. The molecule has 0 aliphatic carbocycles. The number of rotatable bonds is 9. The number of aromatic nitrogens is 4. The summed E-state index contributed by atoms with van der Waals surface area (Å²) in [6.07, 6.45) is 4.20. The van der Waals surface area contributed by atoms with Crippen LogP contribution in [0.5, 0.6) is 0 Å². The SMILES string of the molecule is C=Cc1c(C)c2cc3[nH]c(cc4nc(cc5nc(cc1[nH]2)C(C)=C5CCC(=O)O)C(CCC(=O)O)=C4C)c(C)c3C=C.CC(=O)C(C)=O. The van der Waals surface area contributed by atoms with Crippen LogP contribution in [0.25, 0.3) is 56.5 Å². The molecule has 3 aromatic rings. The van der Waals surface area contributed by atoms with Crippen LogP contribution in [-0.4, -0.2) is 53.7 Å². The van der Waals surface area contributed by atoms with Crippen LogP contribution in [0.15, 0.2) is 37.4 Å². The number of aromatic amines is 2. The zero-order valence-corrected chi connectivity index (χ0v) is 28.1. The maximum absolute atomic E-state index is 11.5. The average Bonchev–Trinajstić information content (AvgIpc) is 3.68. The highest BCUT2D eigenvalue weighted by Crippen LogP contribution is 2.38. The van der Waals surface area contributed by atoms with Crippen molar-refractivity contribution in [3.8, 4) is 0 Å². The Labute approximate surface area is 278 Å². The Bertz CT molecular complexity index is 2110. The first kappa shape index (κ1) is 35.2. The fraction of sp³-hybridized carbons (Fsp3) is 0.263. The second-order valence-electron chi connectivity index (χ2n) is 11.8. The van der Waals surface area contributed by atoms with Gasteiger partial charge in [-0.2, -0.15) is 0 Å². The average molecular weight is 649 g/mol. The number of H-pyrrole nitrogens is 2. The number of nitrogens with one attached hydrogen (secondary N) is 2. The van der Waals surface area contributed by atoms with Crippen molar-refractivity contribution in [3.05, 3.63) is 82.5 Å². The Kier molecular flexibility index (Phi) is 10.6. The second kappa shape index (κ2) is 14.4. The minimum atomic E-state index is -0.889. The molecular weight excluding hydrogens is 608 g/mol. The third-order valence-corrected chi connectivity index (χ3v) is 8.71. The highest BCUT2D eigenvalue weighted by atomic mass is 16.4. The first-order valence-electron chi connectivity index (χ1n) is 15.5. The number of ketones is 2. The lowest BCUT2D eigenvalue weighted by Gasteiger charge is -2.05. The summed E-state index contributed by atoms with van der Waals surface area (Å²) in [6.45, 7) is 18.6. The standard InChI is InChI=1S/C34H34N4O4.C4H6O2/c1-7-21-17(3)25-13-26-19(5)23(9-11-33(39)40)31(37-26)16-32-24(10-12-34(41)42)20(6)28(38-32)15-30-22(8-2)18(4)27(36-30)14-29(21)35-25;1-3(5)4(2)6/h7-8,13-16,35-36H,1-2,9-12H2,3-6H3,(H,39,40)(H,41,42);1-2H3. The normalized spacial score (nSPS) is 12.4. The van der Waals surface area contributed by atoms with E-state index >= 15 is 0 Å². The number of carboxylic acid groups (broad SMARTS) is 2. The molecule has 10 nitrogen and oxygen atoms in total. The molecule has 0 aromatic carbocycles. The topological polar surface area (TPSA) is 166 Å². The highest BCUT2D eigenvalue weighted by Gasteiger charge is 2.22. The zero-order chi connectivity index (χ0) is 35.4. The first-order chi connectivity index (χ1) is 22.7. The van der Waals surface area contributed by atoms with Gasteiger partial charge < -0.3 is 20.2 Å². The van der Waals surface area contributed by atoms with Gasteiger partial charge in [-0.15, -0.1) is 0 Å². The number of hydrogen-bond acceptors (Lipinski definition) is 6. The van der Waals surface area contributed by atoms with E-state index in [-0.39, 0.29) is 24.4 Å². The Morgan fingerprint density at radius 2 is 1.00 bits per heavy atom. The van der Waals surface area contributed by atoms with Crippen LogP contribution in [0.4, 0.5) is 0 Å². The van der Waals surface area contributed by atoms with Gasteiger partial charge in [-0.1, -0.05) is 25.3 Å². The lowest BCUT2D eigenvalue weighted by atomic mass is 9.98. The van der Waals surface area contributed by atoms with Crippen molar-refractivity contribution < 1.29 is 29.4 Å². The van der Waals surface area contributed by atoms with Crippen molar-refractivity contribution >= 4 is 80.0 Å². The molecule has 5 heterocycles. The Morgan fingerprint density at radius 1 is 0.625 bits per heavy atom. The van der Waals surface area contributed by atoms with Gasteiger partial charge in [-0.3, -0.25) is 19.2 Å². The molecule has 5 rings (SSSR count). The van der Waals surface area contributed by atoms with Crippen LogP contribution in [0.1, 0.15) is 98.4 Å². The van der Waals surface area contributed by atoms with E-state index in [1.165, 1.54) is 13.8 Å². The van der Waals surface area contributed by atoms with Crippen molar-refractivity contribution in [1.82, 2.24) is 19.9 Å². The van der Waals surface area contributed by atoms with Gasteiger partial charge in [0, 0.05) is 59.9 Å². The lowest BCUT2D eigenvalue weighted by Crippen LogP contribution is -2.01. The van der Waals surface area contributed by atoms with Gasteiger partial charge in [-0.05, 0) is 98.2 Å². The smallest absolute Gasteiger partial charge is 0.303 e. The number of Topliss-reactive ketones (excluding diaryl/α,β-unsaturated/α-hetero) is 2. The largest absolute Gasteiger partial charge is 0.481 e. The summed E-state index contributed by atoms with van der Waals surface area (Å²) >= 11 is 0. The fourth-order valence-electron chi connectivity index (χ4n) is 5.77. The van der Waals surface area contributed by atoms with Crippen molar-refractivity contribution in [2.45, 2.75) is 67.2 Å². The lowest BCUT2D eigenvalue weighted by molar-refractivity contribution is -0.137. The highest BCUT2D eigenvalue weighted by molar-refractivity contribution is 6.35. The molecule has 2 aliphatic rings. The van der Waals surface area contributed by atoms with E-state index in [1.54, 1.807) is 0 Å². The van der Waals surface area contributed by atoms with E-state index in [1.807, 2.05) is 58.0 Å². The number of hydrogen-bond donors (Lipinski definition) is 4. The number of fused-ring (bicyclic) bond motifs is 8. The molecule has 0 radical (unpaired) electrons. The van der Waals surface area contributed by atoms with Crippen LogP contribution in [-0.2, 0) is 19.2 Å². The van der Waals surface area contributed by atoms with Crippen LogP contribution in [0.2, 0.25) is 0 Å². The minimum absolute atomic E-state index is 0.0367. The van der Waals surface area contributed by atoms with Crippen LogP contribution >= 0.6 is 0 Å². The molecule has 0 amide bonds. The fourth-order valence-corrected chi connectivity index (χ4v) is 5.77. The number of nitrogens with zero attached hydrogens (tertiary/aromatic N) is 2.